The smallest absolute Gasteiger partial charge is 0.0638 e. The average molecular weight is 220 g/mol. The van der Waals surface area contributed by atoms with Crippen molar-refractivity contribution in [1.82, 2.24) is 4.90 Å². The molecular weight excluding hydrogens is 196 g/mol. The molecule has 0 aliphatic heterocycles. The average Bonchev–Trinajstić information content (AvgIpc) is 2.15. The molecule has 0 fully saturated rings. The lowest BCUT2D eigenvalue weighted by Crippen LogP contribution is -2.40. The summed E-state index contributed by atoms with van der Waals surface area (Å²) in [7, 11) is 0. The van der Waals surface area contributed by atoms with Crippen molar-refractivity contribution < 1.29 is 0 Å². The highest BCUT2D eigenvalue weighted by Crippen LogP contribution is 2.13. The van der Waals surface area contributed by atoms with Crippen LogP contribution >= 0.6 is 0 Å². The van der Waals surface area contributed by atoms with Crippen LogP contribution in [0.5, 0.6) is 0 Å². The molecule has 0 saturated heterocycles. The van der Waals surface area contributed by atoms with E-state index in [9.17, 15) is 0 Å². The number of rotatable bonds is 7. The molecule has 0 aliphatic carbocycles. The van der Waals surface area contributed by atoms with E-state index in [1.54, 1.807) is 0 Å². The van der Waals surface area contributed by atoms with Crippen molar-refractivity contribution in [3.8, 4) is 18.4 Å². The van der Waals surface area contributed by atoms with Gasteiger partial charge in [-0.3, -0.25) is 4.90 Å². The van der Waals surface area contributed by atoms with E-state index in [0.29, 0.717) is 24.7 Å². The Kier molecular flexibility index (Phi) is 7.69. The van der Waals surface area contributed by atoms with E-state index in [0.717, 1.165) is 13.1 Å². The van der Waals surface area contributed by atoms with E-state index in [1.165, 1.54) is 0 Å². The van der Waals surface area contributed by atoms with E-state index in [1.807, 2.05) is 0 Å². The molecule has 90 valence electrons. The summed E-state index contributed by atoms with van der Waals surface area (Å²) < 4.78 is 0. The Morgan fingerprint density at radius 3 is 1.88 bits per heavy atom. The first-order chi connectivity index (χ1) is 7.51. The van der Waals surface area contributed by atoms with E-state index >= 15 is 0 Å². The number of hydrogen-bond acceptors (Lipinski definition) is 2. The maximum absolute atomic E-state index is 8.84. The molecule has 1 atom stereocenters. The van der Waals surface area contributed by atoms with Crippen LogP contribution in [0.3, 0.4) is 0 Å². The maximum atomic E-state index is 8.84. The third-order valence-corrected chi connectivity index (χ3v) is 2.40. The van der Waals surface area contributed by atoms with Crippen molar-refractivity contribution in [1.29, 1.82) is 5.26 Å². The minimum atomic E-state index is 0.222. The molecule has 2 nitrogen and oxygen atoms in total. The van der Waals surface area contributed by atoms with Crippen molar-refractivity contribution in [3.05, 3.63) is 0 Å². The minimum absolute atomic E-state index is 0.222. The number of nitrogens with zero attached hydrogens (tertiary/aromatic N) is 2. The first-order valence-corrected chi connectivity index (χ1v) is 6.05. The second-order valence-electron chi connectivity index (χ2n) is 5.17. The van der Waals surface area contributed by atoms with Crippen LogP contribution in [0.25, 0.3) is 0 Å². The lowest BCUT2D eigenvalue weighted by molar-refractivity contribution is 0.159. The van der Waals surface area contributed by atoms with Crippen LogP contribution in [0.15, 0.2) is 0 Å². The molecule has 0 heterocycles. The van der Waals surface area contributed by atoms with Gasteiger partial charge in [-0.2, -0.15) is 5.26 Å². The summed E-state index contributed by atoms with van der Waals surface area (Å²) in [6.07, 6.45) is 6.58. The Morgan fingerprint density at radius 1 is 1.06 bits per heavy atom. The fourth-order valence-corrected chi connectivity index (χ4v) is 1.88. The Balaban J connectivity index is 4.54. The Hall–Kier alpha value is -0.990. The third-order valence-electron chi connectivity index (χ3n) is 2.40. The molecule has 0 rings (SSSR count). The van der Waals surface area contributed by atoms with Crippen LogP contribution in [-0.4, -0.2) is 24.0 Å². The third kappa shape index (κ3) is 6.49. The van der Waals surface area contributed by atoms with Gasteiger partial charge in [0.1, 0.15) is 0 Å². The van der Waals surface area contributed by atoms with Crippen LogP contribution in [0.4, 0.5) is 0 Å². The first-order valence-electron chi connectivity index (χ1n) is 6.05. The molecule has 0 spiro atoms. The zero-order valence-corrected chi connectivity index (χ0v) is 11.0. The molecule has 0 amide bonds. The standard InChI is InChI=1S/C14H24N2/c1-6-7-14(8-9-15)16(10-12(2)3)11-13(4)5/h1,12-14H,7-8,10-11H2,2-5H3. The summed E-state index contributed by atoms with van der Waals surface area (Å²) in [5.74, 6) is 3.90. The first kappa shape index (κ1) is 15.0. The molecule has 0 N–H and O–H groups in total. The lowest BCUT2D eigenvalue weighted by atomic mass is 10.0. The number of hydrogen-bond donors (Lipinski definition) is 0. The summed E-state index contributed by atoms with van der Waals surface area (Å²) in [6, 6.07) is 2.46. The normalized spacial score (nSPS) is 12.8. The van der Waals surface area contributed by atoms with Gasteiger partial charge in [0.25, 0.3) is 0 Å². The molecule has 0 saturated carbocycles. The van der Waals surface area contributed by atoms with Gasteiger partial charge in [-0.05, 0) is 11.8 Å². The van der Waals surface area contributed by atoms with Gasteiger partial charge in [-0.15, -0.1) is 12.3 Å². The molecule has 1 unspecified atom stereocenters. The molecule has 0 aliphatic rings. The lowest BCUT2D eigenvalue weighted by Gasteiger charge is -2.32. The van der Waals surface area contributed by atoms with E-state index in [-0.39, 0.29) is 6.04 Å². The fraction of sp³-hybridized carbons (Fsp3) is 0.786. The highest BCUT2D eigenvalue weighted by Gasteiger charge is 2.19. The predicted molar refractivity (Wildman–Crippen MR) is 68.7 cm³/mol. The summed E-state index contributed by atoms with van der Waals surface area (Å²) in [5.41, 5.74) is 0. The fourth-order valence-electron chi connectivity index (χ4n) is 1.88. The van der Waals surface area contributed by atoms with Gasteiger partial charge in [-0.1, -0.05) is 27.7 Å². The van der Waals surface area contributed by atoms with Gasteiger partial charge in [-0.25, -0.2) is 0 Å². The predicted octanol–water partition coefficient (Wildman–Crippen LogP) is 2.91. The zero-order valence-electron chi connectivity index (χ0n) is 11.0. The largest absolute Gasteiger partial charge is 0.298 e. The van der Waals surface area contributed by atoms with Crippen molar-refractivity contribution in [3.63, 3.8) is 0 Å². The summed E-state index contributed by atoms with van der Waals surface area (Å²) in [4.78, 5) is 2.37. The van der Waals surface area contributed by atoms with Gasteiger partial charge in [0, 0.05) is 25.6 Å². The van der Waals surface area contributed by atoms with Crippen molar-refractivity contribution >= 4 is 0 Å². The van der Waals surface area contributed by atoms with Crippen LogP contribution in [0.1, 0.15) is 40.5 Å². The summed E-state index contributed by atoms with van der Waals surface area (Å²) >= 11 is 0. The molecule has 0 radical (unpaired) electrons. The van der Waals surface area contributed by atoms with Gasteiger partial charge in [0.2, 0.25) is 0 Å². The molecule has 0 aromatic heterocycles. The topological polar surface area (TPSA) is 27.0 Å². The Bertz CT molecular complexity index is 229. The Labute approximate surface area is 101 Å². The molecular formula is C14H24N2. The quantitative estimate of drug-likeness (QED) is 0.617. The van der Waals surface area contributed by atoms with Gasteiger partial charge < -0.3 is 0 Å². The van der Waals surface area contributed by atoms with Gasteiger partial charge >= 0.3 is 0 Å². The SMILES string of the molecule is C#CCC(CC#N)N(CC(C)C)CC(C)C. The monoisotopic (exact) mass is 220 g/mol. The van der Waals surface area contributed by atoms with Crippen molar-refractivity contribution in [2.45, 2.75) is 46.6 Å². The van der Waals surface area contributed by atoms with E-state index in [4.69, 9.17) is 11.7 Å². The van der Waals surface area contributed by atoms with Crippen LogP contribution in [0.2, 0.25) is 0 Å². The molecule has 0 aromatic carbocycles. The van der Waals surface area contributed by atoms with Crippen LogP contribution in [0, 0.1) is 35.5 Å². The Morgan fingerprint density at radius 2 is 1.56 bits per heavy atom. The van der Waals surface area contributed by atoms with Gasteiger partial charge in [0.05, 0.1) is 12.5 Å². The second kappa shape index (κ2) is 8.20. The number of terminal acetylenes is 1. The highest BCUT2D eigenvalue weighted by molar-refractivity contribution is 4.94. The minimum Gasteiger partial charge on any atom is -0.298 e. The number of nitriles is 1. The summed E-state index contributed by atoms with van der Waals surface area (Å²) in [5, 5.41) is 8.84. The van der Waals surface area contributed by atoms with E-state index in [2.05, 4.69) is 44.6 Å². The second-order valence-corrected chi connectivity index (χ2v) is 5.17. The molecule has 0 bridgehead atoms. The van der Waals surface area contributed by atoms with Gasteiger partial charge in [0.15, 0.2) is 0 Å². The van der Waals surface area contributed by atoms with Crippen LogP contribution < -0.4 is 0 Å². The summed E-state index contributed by atoms with van der Waals surface area (Å²) in [6.45, 7) is 10.8. The van der Waals surface area contributed by atoms with Crippen LogP contribution in [-0.2, 0) is 0 Å². The zero-order chi connectivity index (χ0) is 12.6. The van der Waals surface area contributed by atoms with Crippen molar-refractivity contribution in [2.75, 3.05) is 13.1 Å². The van der Waals surface area contributed by atoms with Crippen molar-refractivity contribution in [2.24, 2.45) is 11.8 Å². The molecule has 2 heteroatoms. The highest BCUT2D eigenvalue weighted by atomic mass is 15.2. The van der Waals surface area contributed by atoms with E-state index < -0.39 is 0 Å². The molecule has 0 aromatic rings. The maximum Gasteiger partial charge on any atom is 0.0638 e. The molecule has 16 heavy (non-hydrogen) atoms.